The predicted molar refractivity (Wildman–Crippen MR) is 118 cm³/mol. The number of nitrogens with one attached hydrogen (secondary N) is 3. The Morgan fingerprint density at radius 3 is 2.66 bits per heavy atom. The van der Waals surface area contributed by atoms with Crippen LogP contribution in [0.3, 0.4) is 0 Å². The van der Waals surface area contributed by atoms with E-state index in [0.717, 1.165) is 11.3 Å². The molecule has 0 aliphatic heterocycles. The molecule has 8 heteroatoms. The molecule has 3 amide bonds. The van der Waals surface area contributed by atoms with Crippen molar-refractivity contribution in [1.82, 2.24) is 10.3 Å². The first-order valence-corrected chi connectivity index (χ1v) is 10.4. The maximum absolute atomic E-state index is 12.2. The predicted octanol–water partition coefficient (Wildman–Crippen LogP) is 5.25. The second kappa shape index (κ2) is 10.0. The van der Waals surface area contributed by atoms with Crippen LogP contribution in [0.25, 0.3) is 0 Å². The lowest BCUT2D eigenvalue weighted by atomic mass is 10.1. The largest absolute Gasteiger partial charge is 0.350 e. The molecule has 0 radical (unpaired) electrons. The van der Waals surface area contributed by atoms with Gasteiger partial charge in [-0.2, -0.15) is 0 Å². The summed E-state index contributed by atoms with van der Waals surface area (Å²) in [5.74, 6) is -0.0393. The number of amides is 3. The molecule has 0 spiro atoms. The molecule has 0 saturated heterocycles. The molecule has 1 aromatic heterocycles. The molecule has 3 N–H and O–H groups in total. The van der Waals surface area contributed by atoms with Gasteiger partial charge in [0.2, 0.25) is 5.91 Å². The number of nitrogens with zero attached hydrogens (tertiary/aromatic N) is 1. The third kappa shape index (κ3) is 6.58. The number of benzene rings is 2. The molecule has 1 atom stereocenters. The monoisotopic (exact) mass is 428 g/mol. The summed E-state index contributed by atoms with van der Waals surface area (Å²) < 4.78 is 0. The highest BCUT2D eigenvalue weighted by Gasteiger charge is 2.11. The highest BCUT2D eigenvalue weighted by molar-refractivity contribution is 7.13. The standard InChI is InChI=1S/C21H21ClN4O2S/c1-14(15-6-3-2-4-7-15)23-19(27)11-10-18-13-29-21(25-18)26-20(28)24-17-9-5-8-16(22)12-17/h2-9,12-14H,10-11H2,1H3,(H,23,27)(H2,24,25,26,28)/t14-/m0/s1. The topological polar surface area (TPSA) is 83.1 Å². The molecule has 150 valence electrons. The molecule has 0 aliphatic carbocycles. The first kappa shape index (κ1) is 20.8. The number of hydrogen-bond acceptors (Lipinski definition) is 4. The van der Waals surface area contributed by atoms with E-state index in [4.69, 9.17) is 11.6 Å². The van der Waals surface area contributed by atoms with Crippen LogP contribution in [0.4, 0.5) is 15.6 Å². The van der Waals surface area contributed by atoms with Gasteiger partial charge in [-0.15, -0.1) is 11.3 Å². The Balaban J connectivity index is 1.45. The van der Waals surface area contributed by atoms with Crippen molar-refractivity contribution in [3.05, 3.63) is 76.3 Å². The van der Waals surface area contributed by atoms with Crippen LogP contribution >= 0.6 is 22.9 Å². The van der Waals surface area contributed by atoms with Crippen LogP contribution in [0.5, 0.6) is 0 Å². The maximum atomic E-state index is 12.2. The minimum absolute atomic E-state index is 0.0393. The highest BCUT2D eigenvalue weighted by Crippen LogP contribution is 2.19. The van der Waals surface area contributed by atoms with Crippen LogP contribution in [-0.2, 0) is 11.2 Å². The van der Waals surface area contributed by atoms with Gasteiger partial charge in [0.15, 0.2) is 5.13 Å². The van der Waals surface area contributed by atoms with Crippen molar-refractivity contribution >= 4 is 45.7 Å². The summed E-state index contributed by atoms with van der Waals surface area (Å²) >= 11 is 7.22. The zero-order valence-corrected chi connectivity index (χ0v) is 17.4. The number of urea groups is 1. The third-order valence-electron chi connectivity index (χ3n) is 4.14. The second-order valence-corrected chi connectivity index (χ2v) is 7.73. The van der Waals surface area contributed by atoms with Crippen molar-refractivity contribution in [1.29, 1.82) is 0 Å². The van der Waals surface area contributed by atoms with E-state index in [-0.39, 0.29) is 11.9 Å². The van der Waals surface area contributed by atoms with Gasteiger partial charge in [0.05, 0.1) is 11.7 Å². The molecule has 3 rings (SSSR count). The normalized spacial score (nSPS) is 11.5. The molecule has 0 aliphatic rings. The Hall–Kier alpha value is -2.90. The average Bonchev–Trinajstić information content (AvgIpc) is 3.14. The summed E-state index contributed by atoms with van der Waals surface area (Å²) in [5.41, 5.74) is 2.42. The van der Waals surface area contributed by atoms with Gasteiger partial charge in [-0.25, -0.2) is 9.78 Å². The summed E-state index contributed by atoms with van der Waals surface area (Å²) in [7, 11) is 0. The Kier molecular flexibility index (Phi) is 7.21. The Morgan fingerprint density at radius 2 is 1.90 bits per heavy atom. The van der Waals surface area contributed by atoms with E-state index < -0.39 is 6.03 Å². The van der Waals surface area contributed by atoms with Crippen molar-refractivity contribution in [2.45, 2.75) is 25.8 Å². The minimum Gasteiger partial charge on any atom is -0.350 e. The molecule has 0 fully saturated rings. The van der Waals surface area contributed by atoms with Crippen molar-refractivity contribution in [2.75, 3.05) is 10.6 Å². The fourth-order valence-electron chi connectivity index (χ4n) is 2.69. The van der Waals surface area contributed by atoms with Crippen molar-refractivity contribution < 1.29 is 9.59 Å². The van der Waals surface area contributed by atoms with Crippen molar-refractivity contribution in [3.8, 4) is 0 Å². The number of carbonyl (C=O) groups excluding carboxylic acids is 2. The van der Waals surface area contributed by atoms with Gasteiger partial charge in [-0.3, -0.25) is 10.1 Å². The highest BCUT2D eigenvalue weighted by atomic mass is 35.5. The smallest absolute Gasteiger partial charge is 0.325 e. The van der Waals surface area contributed by atoms with Crippen molar-refractivity contribution in [3.63, 3.8) is 0 Å². The van der Waals surface area contributed by atoms with E-state index in [2.05, 4.69) is 20.9 Å². The fourth-order valence-corrected chi connectivity index (χ4v) is 3.62. The van der Waals surface area contributed by atoms with Gasteiger partial charge < -0.3 is 10.6 Å². The van der Waals surface area contributed by atoms with Crippen LogP contribution in [-0.4, -0.2) is 16.9 Å². The number of thiazole rings is 1. The first-order valence-electron chi connectivity index (χ1n) is 9.12. The average molecular weight is 429 g/mol. The number of rotatable bonds is 7. The molecule has 1 heterocycles. The number of carbonyl (C=O) groups is 2. The van der Waals surface area contributed by atoms with E-state index in [1.165, 1.54) is 11.3 Å². The Labute approximate surface area is 178 Å². The van der Waals surface area contributed by atoms with Crippen LogP contribution in [0, 0.1) is 0 Å². The number of halogens is 1. The van der Waals surface area contributed by atoms with E-state index in [1.54, 1.807) is 24.3 Å². The van der Waals surface area contributed by atoms with E-state index in [1.807, 2.05) is 42.6 Å². The van der Waals surface area contributed by atoms with Gasteiger partial charge >= 0.3 is 6.03 Å². The number of aryl methyl sites for hydroxylation is 1. The summed E-state index contributed by atoms with van der Waals surface area (Å²) in [4.78, 5) is 28.6. The van der Waals surface area contributed by atoms with Crippen LogP contribution in [0.2, 0.25) is 5.02 Å². The summed E-state index contributed by atoms with van der Waals surface area (Å²) in [6, 6.07) is 16.2. The number of hydrogen-bond donors (Lipinski definition) is 3. The van der Waals surface area contributed by atoms with Crippen LogP contribution in [0.15, 0.2) is 60.0 Å². The molecule has 3 aromatic rings. The van der Waals surface area contributed by atoms with Gasteiger partial charge in [0, 0.05) is 22.5 Å². The zero-order valence-electron chi connectivity index (χ0n) is 15.8. The molecule has 6 nitrogen and oxygen atoms in total. The lowest BCUT2D eigenvalue weighted by Gasteiger charge is -2.13. The maximum Gasteiger partial charge on any atom is 0.325 e. The fraction of sp³-hybridized carbons (Fsp3) is 0.190. The third-order valence-corrected chi connectivity index (χ3v) is 5.18. The van der Waals surface area contributed by atoms with Crippen LogP contribution in [0.1, 0.15) is 30.6 Å². The number of aromatic nitrogens is 1. The Bertz CT molecular complexity index is 978. The molecule has 2 aromatic carbocycles. The summed E-state index contributed by atoms with van der Waals surface area (Å²) in [6.45, 7) is 1.95. The van der Waals surface area contributed by atoms with E-state index in [9.17, 15) is 9.59 Å². The Morgan fingerprint density at radius 1 is 1.10 bits per heavy atom. The quantitative estimate of drug-likeness (QED) is 0.480. The zero-order chi connectivity index (χ0) is 20.6. The molecular weight excluding hydrogens is 408 g/mol. The molecule has 0 bridgehead atoms. The van der Waals surface area contributed by atoms with E-state index >= 15 is 0 Å². The lowest BCUT2D eigenvalue weighted by Crippen LogP contribution is -2.26. The van der Waals surface area contributed by atoms with E-state index in [0.29, 0.717) is 28.7 Å². The molecular formula is C21H21ClN4O2S. The molecule has 0 saturated carbocycles. The number of anilines is 2. The van der Waals surface area contributed by atoms with Gasteiger partial charge in [-0.05, 0) is 37.1 Å². The summed E-state index contributed by atoms with van der Waals surface area (Å²) in [5, 5.41) is 11.2. The molecule has 0 unspecified atom stereocenters. The first-order chi connectivity index (χ1) is 14.0. The van der Waals surface area contributed by atoms with Crippen LogP contribution < -0.4 is 16.0 Å². The van der Waals surface area contributed by atoms with Gasteiger partial charge in [0.1, 0.15) is 0 Å². The van der Waals surface area contributed by atoms with Gasteiger partial charge in [0.25, 0.3) is 0 Å². The van der Waals surface area contributed by atoms with Crippen molar-refractivity contribution in [2.24, 2.45) is 0 Å². The minimum atomic E-state index is -0.400. The summed E-state index contributed by atoms with van der Waals surface area (Å²) in [6.07, 6.45) is 0.830. The SMILES string of the molecule is C[C@H](NC(=O)CCc1csc(NC(=O)Nc2cccc(Cl)c2)n1)c1ccccc1. The van der Waals surface area contributed by atoms with Gasteiger partial charge in [-0.1, -0.05) is 48.0 Å². The second-order valence-electron chi connectivity index (χ2n) is 6.43. The molecule has 29 heavy (non-hydrogen) atoms. The lowest BCUT2D eigenvalue weighted by molar-refractivity contribution is -0.121.